The number of hydrogen-bond acceptors (Lipinski definition) is 3. The zero-order valence-electron chi connectivity index (χ0n) is 7.97. The summed E-state index contributed by atoms with van der Waals surface area (Å²) < 4.78 is 0. The average molecular weight is 206 g/mol. The first-order valence-corrected chi connectivity index (χ1v) is 4.63. The van der Waals surface area contributed by atoms with Crippen molar-refractivity contribution in [3.63, 3.8) is 0 Å². The zero-order chi connectivity index (χ0) is 11.0. The summed E-state index contributed by atoms with van der Waals surface area (Å²) in [5, 5.41) is 10.5. The van der Waals surface area contributed by atoms with E-state index in [1.165, 1.54) is 12.1 Å². The predicted octanol–water partition coefficient (Wildman–Crippen LogP) is 0.795. The first kappa shape index (κ1) is 9.64. The maximum absolute atomic E-state index is 11.0. The van der Waals surface area contributed by atoms with Crippen LogP contribution in [0.15, 0.2) is 18.2 Å². The highest BCUT2D eigenvalue weighted by Crippen LogP contribution is 2.29. The Morgan fingerprint density at radius 1 is 1.40 bits per heavy atom. The number of nitro benzene ring substituents is 1. The van der Waals surface area contributed by atoms with Crippen molar-refractivity contribution in [1.29, 1.82) is 0 Å². The van der Waals surface area contributed by atoms with E-state index in [2.05, 4.69) is 0 Å². The van der Waals surface area contributed by atoms with Gasteiger partial charge in [-0.2, -0.15) is 0 Å². The maximum atomic E-state index is 11.0. The van der Waals surface area contributed by atoms with Gasteiger partial charge in [-0.1, -0.05) is 6.07 Å². The Balaban J connectivity index is 2.31. The second kappa shape index (κ2) is 3.34. The molecule has 1 aliphatic rings. The van der Waals surface area contributed by atoms with Crippen LogP contribution in [-0.4, -0.2) is 10.8 Å². The third kappa shape index (κ3) is 1.68. The van der Waals surface area contributed by atoms with Crippen LogP contribution in [0.1, 0.15) is 11.1 Å². The van der Waals surface area contributed by atoms with Gasteiger partial charge in [0.2, 0.25) is 5.91 Å². The van der Waals surface area contributed by atoms with Crippen molar-refractivity contribution < 1.29 is 9.72 Å². The van der Waals surface area contributed by atoms with Crippen molar-refractivity contribution in [1.82, 2.24) is 0 Å². The predicted molar refractivity (Wildman–Crippen MR) is 53.2 cm³/mol. The number of carbonyl (C=O) groups excluding carboxylic acids is 1. The Morgan fingerprint density at radius 2 is 2.07 bits per heavy atom. The van der Waals surface area contributed by atoms with Gasteiger partial charge in [0, 0.05) is 18.1 Å². The first-order valence-electron chi connectivity index (χ1n) is 4.63. The Hall–Kier alpha value is -1.91. The van der Waals surface area contributed by atoms with Crippen LogP contribution in [0.2, 0.25) is 0 Å². The molecule has 1 amide bonds. The normalized spacial score (nSPS) is 18.5. The van der Waals surface area contributed by atoms with Gasteiger partial charge in [-0.15, -0.1) is 0 Å². The summed E-state index contributed by atoms with van der Waals surface area (Å²) in [7, 11) is 0. The van der Waals surface area contributed by atoms with Crippen LogP contribution in [-0.2, 0) is 17.6 Å². The quantitative estimate of drug-likeness (QED) is 0.573. The molecular formula is C10H10N2O3. The van der Waals surface area contributed by atoms with Gasteiger partial charge < -0.3 is 5.73 Å². The van der Waals surface area contributed by atoms with E-state index < -0.39 is 4.92 Å². The molecule has 1 aromatic carbocycles. The van der Waals surface area contributed by atoms with E-state index in [1.807, 2.05) is 0 Å². The average Bonchev–Trinajstić information content (AvgIpc) is 2.59. The van der Waals surface area contributed by atoms with Crippen LogP contribution in [0.5, 0.6) is 0 Å². The Labute approximate surface area is 86.0 Å². The molecule has 5 heteroatoms. The summed E-state index contributed by atoms with van der Waals surface area (Å²) >= 11 is 0. The van der Waals surface area contributed by atoms with E-state index >= 15 is 0 Å². The van der Waals surface area contributed by atoms with E-state index in [4.69, 9.17) is 5.73 Å². The number of nitro groups is 1. The van der Waals surface area contributed by atoms with Gasteiger partial charge in [0.15, 0.2) is 0 Å². The Bertz CT molecular complexity index is 442. The van der Waals surface area contributed by atoms with Crippen LogP contribution < -0.4 is 5.73 Å². The monoisotopic (exact) mass is 206 g/mol. The number of fused-ring (bicyclic) bond motifs is 1. The maximum Gasteiger partial charge on any atom is 0.269 e. The van der Waals surface area contributed by atoms with Crippen molar-refractivity contribution >= 4 is 11.6 Å². The summed E-state index contributed by atoms with van der Waals surface area (Å²) in [6, 6.07) is 4.69. The summed E-state index contributed by atoms with van der Waals surface area (Å²) in [6.07, 6.45) is 1.12. The number of benzene rings is 1. The lowest BCUT2D eigenvalue weighted by atomic mass is 10.1. The third-order valence-corrected chi connectivity index (χ3v) is 2.74. The minimum absolute atomic E-state index is 0.0684. The molecule has 0 saturated heterocycles. The first-order chi connectivity index (χ1) is 7.08. The lowest BCUT2D eigenvalue weighted by Crippen LogP contribution is -2.23. The van der Waals surface area contributed by atoms with Crippen LogP contribution >= 0.6 is 0 Å². The van der Waals surface area contributed by atoms with Gasteiger partial charge in [-0.05, 0) is 24.0 Å². The molecule has 0 aromatic heterocycles. The highest BCUT2D eigenvalue weighted by atomic mass is 16.6. The number of amides is 1. The number of non-ortho nitro benzene ring substituents is 1. The number of rotatable bonds is 2. The number of nitrogens with two attached hydrogens (primary N) is 1. The number of carbonyl (C=O) groups is 1. The standard InChI is InChI=1S/C10H10N2O3/c11-10(13)8-3-6-1-2-9(12(14)15)5-7(6)4-8/h1-2,5,8H,3-4H2,(H2,11,13). The molecule has 0 fully saturated rings. The van der Waals surface area contributed by atoms with Crippen LogP contribution in [0.4, 0.5) is 5.69 Å². The molecule has 2 rings (SSSR count). The molecule has 0 spiro atoms. The summed E-state index contributed by atoms with van der Waals surface area (Å²) in [5.74, 6) is -0.546. The molecule has 0 aliphatic heterocycles. The molecule has 2 N–H and O–H groups in total. The van der Waals surface area contributed by atoms with E-state index in [9.17, 15) is 14.9 Å². The van der Waals surface area contributed by atoms with Gasteiger partial charge >= 0.3 is 0 Å². The fourth-order valence-corrected chi connectivity index (χ4v) is 1.92. The molecule has 0 radical (unpaired) electrons. The van der Waals surface area contributed by atoms with E-state index in [1.54, 1.807) is 6.07 Å². The van der Waals surface area contributed by atoms with Crippen molar-refractivity contribution in [3.05, 3.63) is 39.4 Å². The highest BCUT2D eigenvalue weighted by molar-refractivity contribution is 5.78. The van der Waals surface area contributed by atoms with Gasteiger partial charge in [-0.3, -0.25) is 14.9 Å². The van der Waals surface area contributed by atoms with E-state index in [0.29, 0.717) is 12.8 Å². The van der Waals surface area contributed by atoms with Gasteiger partial charge in [0.05, 0.1) is 4.92 Å². The molecule has 15 heavy (non-hydrogen) atoms. The molecule has 0 saturated carbocycles. The molecule has 78 valence electrons. The highest BCUT2D eigenvalue weighted by Gasteiger charge is 2.26. The number of hydrogen-bond donors (Lipinski definition) is 1. The lowest BCUT2D eigenvalue weighted by molar-refractivity contribution is -0.384. The van der Waals surface area contributed by atoms with Gasteiger partial charge in [-0.25, -0.2) is 0 Å². The second-order valence-electron chi connectivity index (χ2n) is 3.72. The summed E-state index contributed by atoms with van der Waals surface area (Å²) in [4.78, 5) is 21.1. The molecule has 0 heterocycles. The fraction of sp³-hybridized carbons (Fsp3) is 0.300. The largest absolute Gasteiger partial charge is 0.369 e. The van der Waals surface area contributed by atoms with Crippen molar-refractivity contribution in [2.24, 2.45) is 11.7 Å². The molecule has 1 aliphatic carbocycles. The summed E-state index contributed by atoms with van der Waals surface area (Å²) in [6.45, 7) is 0. The molecule has 1 aromatic rings. The fourth-order valence-electron chi connectivity index (χ4n) is 1.92. The smallest absolute Gasteiger partial charge is 0.269 e. The summed E-state index contributed by atoms with van der Waals surface area (Å²) in [5.41, 5.74) is 7.13. The Morgan fingerprint density at radius 3 is 2.67 bits per heavy atom. The SMILES string of the molecule is NC(=O)C1Cc2ccc([N+](=O)[O-])cc2C1. The van der Waals surface area contributed by atoms with Gasteiger partial charge in [0.25, 0.3) is 5.69 Å². The van der Waals surface area contributed by atoms with Crippen LogP contribution in [0.25, 0.3) is 0 Å². The minimum atomic E-state index is -0.433. The second-order valence-corrected chi connectivity index (χ2v) is 3.72. The molecule has 1 atom stereocenters. The van der Waals surface area contributed by atoms with E-state index in [-0.39, 0.29) is 17.5 Å². The number of primary amides is 1. The van der Waals surface area contributed by atoms with Crippen molar-refractivity contribution in [3.8, 4) is 0 Å². The minimum Gasteiger partial charge on any atom is -0.369 e. The zero-order valence-corrected chi connectivity index (χ0v) is 7.97. The number of nitrogens with zero attached hydrogens (tertiary/aromatic N) is 1. The Kier molecular flexibility index (Phi) is 2.15. The van der Waals surface area contributed by atoms with E-state index in [0.717, 1.165) is 11.1 Å². The third-order valence-electron chi connectivity index (χ3n) is 2.74. The van der Waals surface area contributed by atoms with Crippen molar-refractivity contribution in [2.45, 2.75) is 12.8 Å². The molecular weight excluding hydrogens is 196 g/mol. The van der Waals surface area contributed by atoms with Gasteiger partial charge in [0.1, 0.15) is 0 Å². The van der Waals surface area contributed by atoms with Crippen LogP contribution in [0.3, 0.4) is 0 Å². The molecule has 5 nitrogen and oxygen atoms in total. The molecule has 0 bridgehead atoms. The van der Waals surface area contributed by atoms with Crippen LogP contribution in [0, 0.1) is 16.0 Å². The topological polar surface area (TPSA) is 86.2 Å². The molecule has 1 unspecified atom stereocenters. The van der Waals surface area contributed by atoms with Crippen molar-refractivity contribution in [2.75, 3.05) is 0 Å². The lowest BCUT2D eigenvalue weighted by Gasteiger charge is -2.00.